The Morgan fingerprint density at radius 1 is 1.07 bits per heavy atom. The van der Waals surface area contributed by atoms with E-state index in [1.807, 2.05) is 59.5 Å². The lowest BCUT2D eigenvalue weighted by molar-refractivity contribution is -0.0137. The summed E-state index contributed by atoms with van der Waals surface area (Å²) in [5, 5.41) is 13.2. The van der Waals surface area contributed by atoms with E-state index in [2.05, 4.69) is 30.4 Å². The van der Waals surface area contributed by atoms with Crippen LogP contribution in [0.4, 0.5) is 16.2 Å². The molecule has 41 heavy (non-hydrogen) atoms. The van der Waals surface area contributed by atoms with Gasteiger partial charge in [0.05, 0.1) is 23.5 Å². The van der Waals surface area contributed by atoms with Crippen LogP contribution in [0.2, 0.25) is 0 Å². The number of hydrogen-bond acceptors (Lipinski definition) is 5. The van der Waals surface area contributed by atoms with Gasteiger partial charge in [-0.1, -0.05) is 68.7 Å². The summed E-state index contributed by atoms with van der Waals surface area (Å²) in [6.07, 6.45) is 8.28. The number of nitrogens with zero attached hydrogens (tertiary/aromatic N) is 2. The minimum Gasteiger partial charge on any atom is -0.491 e. The van der Waals surface area contributed by atoms with Gasteiger partial charge in [0.2, 0.25) is 0 Å². The monoisotopic (exact) mass is 549 g/mol. The molecule has 2 fully saturated rings. The molecule has 6 nitrogen and oxygen atoms in total. The van der Waals surface area contributed by atoms with E-state index >= 15 is 0 Å². The largest absolute Gasteiger partial charge is 0.491 e. The number of nitriles is 1. The van der Waals surface area contributed by atoms with Crippen LogP contribution in [0, 0.1) is 17.2 Å². The zero-order valence-corrected chi connectivity index (χ0v) is 23.9. The van der Waals surface area contributed by atoms with Crippen LogP contribution < -0.4 is 10.1 Å². The van der Waals surface area contributed by atoms with Crippen LogP contribution in [-0.2, 0) is 23.2 Å². The number of carbonyl (C=O) groups excluding carboxylic acids is 1. The molecule has 3 aromatic rings. The van der Waals surface area contributed by atoms with Gasteiger partial charge in [-0.15, -0.1) is 0 Å². The maximum Gasteiger partial charge on any atom is 0.410 e. The highest BCUT2D eigenvalue weighted by molar-refractivity contribution is 5.73. The first-order chi connectivity index (χ1) is 20.1. The first kappa shape index (κ1) is 27.2. The van der Waals surface area contributed by atoms with Crippen LogP contribution in [0.5, 0.6) is 5.75 Å². The molecule has 1 amide bonds. The van der Waals surface area contributed by atoms with E-state index in [0.29, 0.717) is 24.7 Å². The van der Waals surface area contributed by atoms with Crippen molar-refractivity contribution in [2.75, 3.05) is 18.5 Å². The number of rotatable bonds is 8. The Morgan fingerprint density at radius 2 is 1.90 bits per heavy atom. The molecule has 212 valence electrons. The van der Waals surface area contributed by atoms with Gasteiger partial charge in [-0.2, -0.15) is 5.26 Å². The SMILES string of the molecule is CCCCOc1cc2c(cc1Nc1ccccc1C#N)C[C@H]1[C@H]3CCCC[C@@]23CCN1C(=O)OCc1ccccc1. The predicted molar refractivity (Wildman–Crippen MR) is 160 cm³/mol. The summed E-state index contributed by atoms with van der Waals surface area (Å²) in [6, 6.07) is 24.4. The number of hydrogen-bond donors (Lipinski definition) is 1. The van der Waals surface area contributed by atoms with Crippen molar-refractivity contribution in [3.8, 4) is 11.8 Å². The molecule has 1 heterocycles. The van der Waals surface area contributed by atoms with Gasteiger partial charge in [0.25, 0.3) is 0 Å². The van der Waals surface area contributed by atoms with E-state index in [9.17, 15) is 10.1 Å². The summed E-state index contributed by atoms with van der Waals surface area (Å²) < 4.78 is 12.3. The Labute approximate surface area is 243 Å². The van der Waals surface area contributed by atoms with E-state index in [4.69, 9.17) is 9.47 Å². The summed E-state index contributed by atoms with van der Waals surface area (Å²) in [5.41, 5.74) is 5.98. The van der Waals surface area contributed by atoms with Gasteiger partial charge in [-0.25, -0.2) is 4.79 Å². The van der Waals surface area contributed by atoms with Gasteiger partial charge in [-0.05, 0) is 79.0 Å². The standard InChI is InChI=1S/C35H39N3O3/c1-2-3-19-40-33-22-29-27(20-31(33)37-30-15-8-7-13-26(30)23-36)21-32-28-14-9-10-16-35(28,29)17-18-38(32)34(39)41-24-25-11-5-4-6-12-25/h4-8,11-13,15,20,22,28,32,37H,2-3,9-10,14,16-19,21,24H2,1H3/t28-,32+,35+/m1/s1. The van der Waals surface area contributed by atoms with Crippen molar-refractivity contribution in [2.45, 2.75) is 76.4 Å². The van der Waals surface area contributed by atoms with Gasteiger partial charge >= 0.3 is 6.09 Å². The maximum absolute atomic E-state index is 13.5. The minimum atomic E-state index is -0.206. The Bertz CT molecular complexity index is 1430. The third-order valence-electron chi connectivity index (χ3n) is 9.44. The first-order valence-electron chi connectivity index (χ1n) is 15.2. The minimum absolute atomic E-state index is 0.0542. The highest BCUT2D eigenvalue weighted by atomic mass is 16.6. The zero-order chi connectivity index (χ0) is 28.2. The lowest BCUT2D eigenvalue weighted by atomic mass is 9.52. The van der Waals surface area contributed by atoms with Gasteiger partial charge in [0.1, 0.15) is 18.4 Å². The lowest BCUT2D eigenvalue weighted by Gasteiger charge is -2.58. The molecule has 0 unspecified atom stereocenters. The average molecular weight is 550 g/mol. The number of amides is 1. The van der Waals surface area contributed by atoms with Crippen molar-refractivity contribution >= 4 is 17.5 Å². The van der Waals surface area contributed by atoms with Gasteiger partial charge in [0, 0.05) is 18.0 Å². The molecule has 3 aliphatic rings. The third-order valence-corrected chi connectivity index (χ3v) is 9.44. The van der Waals surface area contributed by atoms with Crippen LogP contribution in [0.25, 0.3) is 0 Å². The summed E-state index contributed by atoms with van der Waals surface area (Å²) in [7, 11) is 0. The van der Waals surface area contributed by atoms with Crippen molar-refractivity contribution in [1.82, 2.24) is 4.90 Å². The van der Waals surface area contributed by atoms with E-state index in [-0.39, 0.29) is 17.6 Å². The summed E-state index contributed by atoms with van der Waals surface area (Å²) in [6.45, 7) is 3.84. The van der Waals surface area contributed by atoms with Crippen molar-refractivity contribution < 1.29 is 14.3 Å². The fourth-order valence-corrected chi connectivity index (χ4v) is 7.45. The highest BCUT2D eigenvalue weighted by Gasteiger charge is 2.55. The second-order valence-electron chi connectivity index (χ2n) is 11.8. The fourth-order valence-electron chi connectivity index (χ4n) is 7.45. The van der Waals surface area contributed by atoms with E-state index < -0.39 is 0 Å². The fraction of sp³-hybridized carbons (Fsp3) is 0.429. The van der Waals surface area contributed by atoms with Crippen LogP contribution in [0.3, 0.4) is 0 Å². The quantitative estimate of drug-likeness (QED) is 0.289. The summed E-state index contributed by atoms with van der Waals surface area (Å²) in [5.74, 6) is 1.27. The number of nitrogens with one attached hydrogen (secondary N) is 1. The van der Waals surface area contributed by atoms with Crippen LogP contribution in [-0.4, -0.2) is 30.2 Å². The molecule has 1 N–H and O–H groups in total. The number of para-hydroxylation sites is 1. The van der Waals surface area contributed by atoms with Gasteiger partial charge in [-0.3, -0.25) is 0 Å². The second-order valence-corrected chi connectivity index (χ2v) is 11.8. The molecule has 3 aromatic carbocycles. The predicted octanol–water partition coefficient (Wildman–Crippen LogP) is 7.88. The topological polar surface area (TPSA) is 74.6 Å². The molecule has 0 aromatic heterocycles. The molecule has 1 saturated carbocycles. The van der Waals surface area contributed by atoms with Crippen LogP contribution in [0.15, 0.2) is 66.7 Å². The van der Waals surface area contributed by atoms with E-state index in [0.717, 1.165) is 67.8 Å². The number of likely N-dealkylation sites (tertiary alicyclic amines) is 1. The zero-order valence-electron chi connectivity index (χ0n) is 23.9. The number of piperidine rings is 1. The Kier molecular flexibility index (Phi) is 7.87. The molecule has 3 atom stereocenters. The molecular formula is C35H39N3O3. The number of unbranched alkanes of at least 4 members (excludes halogenated alkanes) is 1. The maximum atomic E-state index is 13.5. The van der Waals surface area contributed by atoms with E-state index in [1.54, 1.807) is 0 Å². The highest BCUT2D eigenvalue weighted by Crippen LogP contribution is 2.57. The van der Waals surface area contributed by atoms with Gasteiger partial charge < -0.3 is 19.7 Å². The first-order valence-corrected chi connectivity index (χ1v) is 15.2. The number of anilines is 2. The molecule has 1 aliphatic heterocycles. The third kappa shape index (κ3) is 5.26. The Morgan fingerprint density at radius 3 is 2.73 bits per heavy atom. The summed E-state index contributed by atoms with van der Waals surface area (Å²) in [4.78, 5) is 15.5. The molecule has 6 rings (SSSR count). The average Bonchev–Trinajstić information content (AvgIpc) is 3.01. The van der Waals surface area contributed by atoms with Crippen molar-refractivity contribution in [2.24, 2.45) is 5.92 Å². The number of fused-ring (bicyclic) bond motifs is 1. The molecule has 6 heteroatoms. The van der Waals surface area contributed by atoms with Crippen molar-refractivity contribution in [3.05, 3.63) is 89.0 Å². The molecule has 2 bridgehead atoms. The van der Waals surface area contributed by atoms with Crippen LogP contribution in [0.1, 0.15) is 74.1 Å². The molecule has 1 saturated heterocycles. The Hall–Kier alpha value is -3.98. The van der Waals surface area contributed by atoms with Crippen LogP contribution >= 0.6 is 0 Å². The smallest absolute Gasteiger partial charge is 0.410 e. The van der Waals surface area contributed by atoms with Crippen molar-refractivity contribution in [3.63, 3.8) is 0 Å². The summed E-state index contributed by atoms with van der Waals surface area (Å²) >= 11 is 0. The second kappa shape index (κ2) is 11.9. The number of benzene rings is 3. The normalized spacial score (nSPS) is 22.6. The molecule has 2 aliphatic carbocycles. The number of ether oxygens (including phenoxy) is 2. The van der Waals surface area contributed by atoms with Crippen molar-refractivity contribution in [1.29, 1.82) is 5.26 Å². The van der Waals surface area contributed by atoms with Gasteiger partial charge in [0.15, 0.2) is 0 Å². The van der Waals surface area contributed by atoms with E-state index in [1.165, 1.54) is 24.0 Å². The number of carbonyl (C=O) groups is 1. The Balaban J connectivity index is 1.34. The molecular weight excluding hydrogens is 510 g/mol. The molecule has 0 radical (unpaired) electrons. The lowest BCUT2D eigenvalue weighted by Crippen LogP contribution is -2.62. The molecule has 0 spiro atoms.